The van der Waals surface area contributed by atoms with E-state index in [2.05, 4.69) is 17.7 Å². The molecule has 4 rings (SSSR count). The number of likely N-dealkylation sites (N-methyl/N-ethyl adjacent to an activating group) is 1. The molecule has 2 atom stereocenters. The van der Waals surface area contributed by atoms with Gasteiger partial charge in [-0.15, -0.1) is 11.3 Å². The number of rotatable bonds is 1. The highest BCUT2D eigenvalue weighted by Gasteiger charge is 2.35. The Bertz CT molecular complexity index is 787. The molecule has 2 aliphatic rings. The monoisotopic (exact) mass is 352 g/mol. The first-order valence-electron chi connectivity index (χ1n) is 7.51. The molecule has 0 spiro atoms. The van der Waals surface area contributed by atoms with E-state index < -0.39 is 12.0 Å². The van der Waals surface area contributed by atoms with Crippen LogP contribution in [0.15, 0.2) is 18.2 Å². The lowest BCUT2D eigenvalue weighted by molar-refractivity contribution is -0.895. The number of anilines is 1. The number of thiophene rings is 1. The lowest BCUT2D eigenvalue weighted by atomic mass is 10.0. The molecule has 120 valence electrons. The van der Waals surface area contributed by atoms with E-state index in [0.29, 0.717) is 5.02 Å². The smallest absolute Gasteiger partial charge is 0.256 e. The largest absolute Gasteiger partial charge is 0.352 e. The van der Waals surface area contributed by atoms with Gasteiger partial charge in [0.1, 0.15) is 23.5 Å². The standard InChI is InChI=1S/C16H15ClFN3OS/c1-21-6-5-8-11(7-21)23-16-12(8)15(22)19-14(20-16)13-9(17)3-2-4-10(13)18/h2-4,14,20H,5-7H2,1H3,(H,19,22)/p+1/t14-/m1/s1. The Morgan fingerprint density at radius 3 is 3.00 bits per heavy atom. The molecule has 1 amide bonds. The number of nitrogens with one attached hydrogen (secondary N) is 3. The van der Waals surface area contributed by atoms with Crippen LogP contribution in [0.5, 0.6) is 0 Å². The first-order valence-corrected chi connectivity index (χ1v) is 8.71. The summed E-state index contributed by atoms with van der Waals surface area (Å²) < 4.78 is 14.1. The molecule has 0 bridgehead atoms. The number of benzene rings is 1. The first-order chi connectivity index (χ1) is 11.0. The molecule has 23 heavy (non-hydrogen) atoms. The van der Waals surface area contributed by atoms with Crippen molar-refractivity contribution >= 4 is 33.8 Å². The highest BCUT2D eigenvalue weighted by Crippen LogP contribution is 2.40. The predicted molar refractivity (Wildman–Crippen MR) is 88.7 cm³/mol. The molecule has 3 N–H and O–H groups in total. The second-order valence-corrected chi connectivity index (χ2v) is 7.54. The minimum atomic E-state index is -0.645. The summed E-state index contributed by atoms with van der Waals surface area (Å²) in [6, 6.07) is 4.53. The van der Waals surface area contributed by atoms with E-state index in [0.717, 1.165) is 35.6 Å². The van der Waals surface area contributed by atoms with Gasteiger partial charge < -0.3 is 15.5 Å². The van der Waals surface area contributed by atoms with Gasteiger partial charge in [0, 0.05) is 12.0 Å². The molecule has 7 heteroatoms. The number of hydrogen-bond donors (Lipinski definition) is 3. The van der Waals surface area contributed by atoms with Crippen molar-refractivity contribution in [2.45, 2.75) is 19.1 Å². The van der Waals surface area contributed by atoms with E-state index in [1.54, 1.807) is 23.5 Å². The van der Waals surface area contributed by atoms with Crippen molar-refractivity contribution in [2.75, 3.05) is 18.9 Å². The fraction of sp³-hybridized carbons (Fsp3) is 0.312. The SMILES string of the molecule is C[NH+]1CCc2c(sc3c2C(=O)N[C@@H](c2c(F)cccc2Cl)N3)C1. The van der Waals surface area contributed by atoms with Crippen LogP contribution >= 0.6 is 22.9 Å². The summed E-state index contributed by atoms with van der Waals surface area (Å²) in [6.07, 6.45) is 0.251. The average molecular weight is 353 g/mol. The van der Waals surface area contributed by atoms with Gasteiger partial charge in [-0.2, -0.15) is 0 Å². The molecule has 1 unspecified atom stereocenters. The van der Waals surface area contributed by atoms with Crippen LogP contribution in [-0.4, -0.2) is 19.5 Å². The van der Waals surface area contributed by atoms with Crippen molar-refractivity contribution in [3.8, 4) is 0 Å². The van der Waals surface area contributed by atoms with Crippen LogP contribution < -0.4 is 15.5 Å². The highest BCUT2D eigenvalue weighted by molar-refractivity contribution is 7.16. The molecular weight excluding hydrogens is 337 g/mol. The molecule has 0 radical (unpaired) electrons. The second kappa shape index (κ2) is 5.47. The Hall–Kier alpha value is -1.63. The van der Waals surface area contributed by atoms with Crippen LogP contribution in [0.25, 0.3) is 0 Å². The number of quaternary nitrogens is 1. The van der Waals surface area contributed by atoms with E-state index in [1.165, 1.54) is 15.8 Å². The van der Waals surface area contributed by atoms with Gasteiger partial charge in [-0.05, 0) is 17.7 Å². The van der Waals surface area contributed by atoms with Crippen molar-refractivity contribution in [1.82, 2.24) is 5.32 Å². The summed E-state index contributed by atoms with van der Waals surface area (Å²) in [5.74, 6) is -0.579. The molecule has 2 aliphatic heterocycles. The molecule has 1 aromatic heterocycles. The molecule has 0 aliphatic carbocycles. The van der Waals surface area contributed by atoms with Gasteiger partial charge in [0.15, 0.2) is 0 Å². The van der Waals surface area contributed by atoms with Crippen molar-refractivity contribution in [1.29, 1.82) is 0 Å². The summed E-state index contributed by atoms with van der Waals surface area (Å²) >= 11 is 7.72. The van der Waals surface area contributed by atoms with Crippen LogP contribution in [0, 0.1) is 5.82 Å². The van der Waals surface area contributed by atoms with Gasteiger partial charge in [0.25, 0.3) is 5.91 Å². The Morgan fingerprint density at radius 2 is 2.22 bits per heavy atom. The number of fused-ring (bicyclic) bond motifs is 3. The Morgan fingerprint density at radius 1 is 1.39 bits per heavy atom. The Labute approximate surface area is 142 Å². The maximum atomic E-state index is 14.1. The summed E-state index contributed by atoms with van der Waals surface area (Å²) in [4.78, 5) is 15.3. The van der Waals surface area contributed by atoms with Crippen LogP contribution in [-0.2, 0) is 13.0 Å². The average Bonchev–Trinajstić information content (AvgIpc) is 2.84. The Balaban J connectivity index is 1.75. The Kier molecular flexibility index (Phi) is 3.55. The predicted octanol–water partition coefficient (Wildman–Crippen LogP) is 1.97. The van der Waals surface area contributed by atoms with E-state index in [9.17, 15) is 9.18 Å². The van der Waals surface area contributed by atoms with Gasteiger partial charge >= 0.3 is 0 Å². The molecule has 1 aromatic carbocycles. The van der Waals surface area contributed by atoms with Gasteiger partial charge in [0.05, 0.1) is 29.1 Å². The third-order valence-corrected chi connectivity index (χ3v) is 5.91. The van der Waals surface area contributed by atoms with Crippen molar-refractivity contribution in [3.63, 3.8) is 0 Å². The fourth-order valence-corrected chi connectivity index (χ4v) is 4.92. The van der Waals surface area contributed by atoms with Crippen molar-refractivity contribution < 1.29 is 14.1 Å². The van der Waals surface area contributed by atoms with Gasteiger partial charge in [-0.1, -0.05) is 17.7 Å². The molecule has 0 fully saturated rings. The normalized spacial score (nSPS) is 22.8. The maximum absolute atomic E-state index is 14.1. The quantitative estimate of drug-likeness (QED) is 0.734. The number of carbonyl (C=O) groups is 1. The van der Waals surface area contributed by atoms with Gasteiger partial charge in [-0.25, -0.2) is 4.39 Å². The first kappa shape index (κ1) is 14.9. The third kappa shape index (κ3) is 2.41. The molecular formula is C16H16ClFN3OS+. The van der Waals surface area contributed by atoms with Crippen LogP contribution in [0.2, 0.25) is 5.02 Å². The topological polar surface area (TPSA) is 45.6 Å². The number of hydrogen-bond acceptors (Lipinski definition) is 3. The molecule has 0 saturated heterocycles. The van der Waals surface area contributed by atoms with Crippen LogP contribution in [0.4, 0.5) is 9.39 Å². The summed E-state index contributed by atoms with van der Waals surface area (Å²) in [6.45, 7) is 1.94. The van der Waals surface area contributed by atoms with Crippen LogP contribution in [0.3, 0.4) is 0 Å². The summed E-state index contributed by atoms with van der Waals surface area (Å²) in [7, 11) is 2.15. The van der Waals surface area contributed by atoms with Crippen LogP contribution in [0.1, 0.15) is 32.5 Å². The minimum absolute atomic E-state index is 0.153. The van der Waals surface area contributed by atoms with E-state index in [4.69, 9.17) is 11.6 Å². The number of carbonyl (C=O) groups excluding carboxylic acids is 1. The summed E-state index contributed by atoms with van der Waals surface area (Å²) in [5.41, 5.74) is 2.14. The molecule has 4 nitrogen and oxygen atoms in total. The van der Waals surface area contributed by atoms with Gasteiger partial charge in [0.2, 0.25) is 0 Å². The zero-order valence-electron chi connectivity index (χ0n) is 12.5. The number of halogens is 2. The van der Waals surface area contributed by atoms with Gasteiger partial charge in [-0.3, -0.25) is 4.79 Å². The molecule has 3 heterocycles. The van der Waals surface area contributed by atoms with E-state index in [1.807, 2.05) is 0 Å². The highest BCUT2D eigenvalue weighted by atomic mass is 35.5. The second-order valence-electron chi connectivity index (χ2n) is 6.03. The van der Waals surface area contributed by atoms with Crippen molar-refractivity contribution in [2.24, 2.45) is 0 Å². The zero-order chi connectivity index (χ0) is 16.1. The third-order valence-electron chi connectivity index (χ3n) is 4.42. The van der Waals surface area contributed by atoms with E-state index in [-0.39, 0.29) is 11.5 Å². The maximum Gasteiger partial charge on any atom is 0.256 e. The fourth-order valence-electron chi connectivity index (χ4n) is 3.26. The zero-order valence-corrected chi connectivity index (χ0v) is 14.1. The number of amides is 1. The van der Waals surface area contributed by atoms with E-state index >= 15 is 0 Å². The van der Waals surface area contributed by atoms with Crippen molar-refractivity contribution in [3.05, 3.63) is 50.6 Å². The lowest BCUT2D eigenvalue weighted by Crippen LogP contribution is -3.08. The molecule has 0 saturated carbocycles. The lowest BCUT2D eigenvalue weighted by Gasteiger charge is -2.27. The minimum Gasteiger partial charge on any atom is -0.352 e. The summed E-state index contributed by atoms with van der Waals surface area (Å²) in [5, 5.41) is 7.21. The molecule has 2 aromatic rings.